The number of amides is 2. The van der Waals surface area contributed by atoms with E-state index in [-0.39, 0.29) is 30.0 Å². The maximum atomic E-state index is 13.1. The van der Waals surface area contributed by atoms with Gasteiger partial charge in [-0.25, -0.2) is 9.29 Å². The van der Waals surface area contributed by atoms with Crippen LogP contribution in [0, 0.1) is 5.82 Å². The van der Waals surface area contributed by atoms with Crippen LogP contribution in [-0.4, -0.2) is 49.1 Å². The highest BCUT2D eigenvalue weighted by atomic mass is 19.1. The van der Waals surface area contributed by atoms with E-state index in [1.165, 1.54) is 29.2 Å². The Morgan fingerprint density at radius 1 is 0.926 bits per heavy atom. The number of phenols is 1. The van der Waals surface area contributed by atoms with Crippen LogP contribution in [0.1, 0.15) is 6.42 Å². The first kappa shape index (κ1) is 17.5. The van der Waals surface area contributed by atoms with Crippen molar-refractivity contribution in [3.05, 3.63) is 54.3 Å². The molecule has 140 valence electrons. The van der Waals surface area contributed by atoms with E-state index in [0.717, 1.165) is 36.8 Å². The van der Waals surface area contributed by atoms with E-state index < -0.39 is 5.82 Å². The molecular formula is C20H21FN3O3+. The number of imide groups is 1. The van der Waals surface area contributed by atoms with Crippen molar-refractivity contribution in [2.75, 3.05) is 36.0 Å². The Balaban J connectivity index is 1.43. The molecule has 0 unspecified atom stereocenters. The first-order valence-corrected chi connectivity index (χ1v) is 9.04. The zero-order valence-electron chi connectivity index (χ0n) is 14.8. The molecule has 4 rings (SSSR count). The van der Waals surface area contributed by atoms with Gasteiger partial charge in [-0.15, -0.1) is 0 Å². The maximum absolute atomic E-state index is 13.1. The van der Waals surface area contributed by atoms with Crippen LogP contribution in [-0.2, 0) is 9.59 Å². The third-order valence-corrected chi connectivity index (χ3v) is 5.34. The van der Waals surface area contributed by atoms with Crippen molar-refractivity contribution in [2.24, 2.45) is 0 Å². The number of quaternary nitrogens is 1. The number of piperazine rings is 1. The number of carbonyl (C=O) groups excluding carboxylic acids is 2. The van der Waals surface area contributed by atoms with E-state index in [1.807, 2.05) is 12.1 Å². The Morgan fingerprint density at radius 2 is 1.52 bits per heavy atom. The second-order valence-corrected chi connectivity index (χ2v) is 6.96. The standard InChI is InChI=1S/C20H20FN3O3/c21-14-1-3-16(4-2-14)24-19(26)13-18(20(24)27)23-11-9-22(10-12-23)15-5-7-17(25)8-6-15/h1-8,18,25H,9-13H2/p+1/t18-/m0/s1. The van der Waals surface area contributed by atoms with E-state index in [1.54, 1.807) is 12.1 Å². The molecule has 0 radical (unpaired) electrons. The molecule has 2 heterocycles. The van der Waals surface area contributed by atoms with E-state index in [2.05, 4.69) is 4.90 Å². The lowest BCUT2D eigenvalue weighted by Crippen LogP contribution is -3.19. The second-order valence-electron chi connectivity index (χ2n) is 6.96. The lowest BCUT2D eigenvalue weighted by atomic mass is 10.1. The van der Waals surface area contributed by atoms with Gasteiger partial charge in [0, 0.05) is 5.69 Å². The topological polar surface area (TPSA) is 65.3 Å². The summed E-state index contributed by atoms with van der Waals surface area (Å²) in [5.74, 6) is -0.603. The molecular weight excluding hydrogens is 349 g/mol. The average Bonchev–Trinajstić information content (AvgIpc) is 2.98. The van der Waals surface area contributed by atoms with Crippen LogP contribution >= 0.6 is 0 Å². The summed E-state index contributed by atoms with van der Waals surface area (Å²) in [7, 11) is 0. The minimum atomic E-state index is -0.398. The van der Waals surface area contributed by atoms with Gasteiger partial charge in [0.25, 0.3) is 5.91 Å². The Bertz CT molecular complexity index is 846. The van der Waals surface area contributed by atoms with E-state index >= 15 is 0 Å². The molecule has 0 saturated carbocycles. The highest BCUT2D eigenvalue weighted by Crippen LogP contribution is 2.23. The molecule has 7 heteroatoms. The Kier molecular flexibility index (Phi) is 4.53. The number of hydrogen-bond acceptors (Lipinski definition) is 4. The smallest absolute Gasteiger partial charge is 0.292 e. The fourth-order valence-corrected chi connectivity index (χ4v) is 3.88. The molecule has 6 nitrogen and oxygen atoms in total. The molecule has 0 bridgehead atoms. The lowest BCUT2D eigenvalue weighted by molar-refractivity contribution is -0.915. The van der Waals surface area contributed by atoms with Gasteiger partial charge in [-0.3, -0.25) is 9.59 Å². The summed E-state index contributed by atoms with van der Waals surface area (Å²) >= 11 is 0. The highest BCUT2D eigenvalue weighted by molar-refractivity contribution is 6.21. The lowest BCUT2D eigenvalue weighted by Gasteiger charge is -2.35. The molecule has 0 spiro atoms. The van der Waals surface area contributed by atoms with E-state index in [0.29, 0.717) is 5.69 Å². The van der Waals surface area contributed by atoms with Gasteiger partial charge in [0.05, 0.1) is 38.3 Å². The number of anilines is 2. The minimum Gasteiger partial charge on any atom is -0.508 e. The SMILES string of the molecule is O=C1C[C@H]([NH+]2CCN(c3ccc(O)cc3)CC2)C(=O)N1c1ccc(F)cc1. The van der Waals surface area contributed by atoms with E-state index in [4.69, 9.17) is 0 Å². The van der Waals surface area contributed by atoms with Gasteiger partial charge in [-0.2, -0.15) is 0 Å². The second kappa shape index (κ2) is 7.00. The van der Waals surface area contributed by atoms with Gasteiger partial charge in [0.2, 0.25) is 5.91 Å². The predicted molar refractivity (Wildman–Crippen MR) is 98.3 cm³/mol. The van der Waals surface area contributed by atoms with Crippen LogP contribution in [0.15, 0.2) is 48.5 Å². The fraction of sp³-hybridized carbons (Fsp3) is 0.300. The number of rotatable bonds is 3. The van der Waals surface area contributed by atoms with Gasteiger partial charge >= 0.3 is 0 Å². The summed E-state index contributed by atoms with van der Waals surface area (Å²) in [6.45, 7) is 3.05. The monoisotopic (exact) mass is 370 g/mol. The summed E-state index contributed by atoms with van der Waals surface area (Å²) in [6.07, 6.45) is 0.185. The van der Waals surface area contributed by atoms with E-state index in [9.17, 15) is 19.1 Å². The number of benzene rings is 2. The van der Waals surface area contributed by atoms with Crippen molar-refractivity contribution in [1.29, 1.82) is 0 Å². The fourth-order valence-electron chi connectivity index (χ4n) is 3.88. The third kappa shape index (κ3) is 3.38. The molecule has 2 aromatic rings. The number of hydrogen-bond donors (Lipinski definition) is 2. The molecule has 2 aliphatic rings. The summed E-state index contributed by atoms with van der Waals surface area (Å²) in [6, 6.07) is 12.1. The van der Waals surface area contributed by atoms with Crippen LogP contribution in [0.4, 0.5) is 15.8 Å². The quantitative estimate of drug-likeness (QED) is 0.776. The average molecular weight is 370 g/mol. The van der Waals surface area contributed by atoms with Crippen molar-refractivity contribution < 1.29 is 24.0 Å². The third-order valence-electron chi connectivity index (χ3n) is 5.34. The number of aromatic hydroxyl groups is 1. The molecule has 0 aromatic heterocycles. The minimum absolute atomic E-state index is 0.185. The van der Waals surface area contributed by atoms with Crippen molar-refractivity contribution in [3.8, 4) is 5.75 Å². The van der Waals surface area contributed by atoms with Gasteiger partial charge in [0.1, 0.15) is 11.6 Å². The summed E-state index contributed by atoms with van der Waals surface area (Å²) in [5.41, 5.74) is 1.46. The first-order valence-electron chi connectivity index (χ1n) is 9.04. The van der Waals surface area contributed by atoms with Crippen LogP contribution < -0.4 is 14.7 Å². The van der Waals surface area contributed by atoms with Gasteiger partial charge < -0.3 is 14.9 Å². The highest BCUT2D eigenvalue weighted by Gasteiger charge is 2.46. The van der Waals surface area contributed by atoms with Gasteiger partial charge in [0.15, 0.2) is 6.04 Å². The molecule has 1 atom stereocenters. The number of carbonyl (C=O) groups is 2. The van der Waals surface area contributed by atoms with Crippen LogP contribution in [0.3, 0.4) is 0 Å². The van der Waals surface area contributed by atoms with Crippen molar-refractivity contribution in [3.63, 3.8) is 0 Å². The van der Waals surface area contributed by atoms with Crippen LogP contribution in [0.25, 0.3) is 0 Å². The van der Waals surface area contributed by atoms with Crippen LogP contribution in [0.2, 0.25) is 0 Å². The Labute approximate surface area is 156 Å². The molecule has 2 aromatic carbocycles. The molecule has 0 aliphatic carbocycles. The molecule has 27 heavy (non-hydrogen) atoms. The van der Waals surface area contributed by atoms with Crippen molar-refractivity contribution in [2.45, 2.75) is 12.5 Å². The van der Waals surface area contributed by atoms with Gasteiger partial charge in [-0.1, -0.05) is 0 Å². The number of halogens is 1. The molecule has 2 fully saturated rings. The number of nitrogens with one attached hydrogen (secondary N) is 1. The maximum Gasteiger partial charge on any atom is 0.292 e. The van der Waals surface area contributed by atoms with Crippen molar-refractivity contribution >= 4 is 23.2 Å². The van der Waals surface area contributed by atoms with Gasteiger partial charge in [-0.05, 0) is 48.5 Å². The molecule has 2 N–H and O–H groups in total. The molecule has 2 aliphatic heterocycles. The Morgan fingerprint density at radius 3 is 2.15 bits per heavy atom. The largest absolute Gasteiger partial charge is 0.508 e. The van der Waals surface area contributed by atoms with Crippen LogP contribution in [0.5, 0.6) is 5.75 Å². The Hall–Kier alpha value is -2.93. The summed E-state index contributed by atoms with van der Waals surface area (Å²) in [5, 5.41) is 9.41. The molecule has 2 amide bonds. The zero-order chi connectivity index (χ0) is 19.0. The summed E-state index contributed by atoms with van der Waals surface area (Å²) in [4.78, 5) is 29.7. The number of nitrogens with zero attached hydrogens (tertiary/aromatic N) is 2. The normalized spacial score (nSPS) is 21.1. The number of phenolic OH excluding ortho intramolecular Hbond substituents is 1. The molecule has 2 saturated heterocycles. The van der Waals surface area contributed by atoms with Crippen molar-refractivity contribution in [1.82, 2.24) is 0 Å². The first-order chi connectivity index (χ1) is 13.0. The summed E-state index contributed by atoms with van der Waals surface area (Å²) < 4.78 is 13.1. The predicted octanol–water partition coefficient (Wildman–Crippen LogP) is 0.568. The zero-order valence-corrected chi connectivity index (χ0v) is 14.8.